The second-order valence-corrected chi connectivity index (χ2v) is 5.17. The zero-order chi connectivity index (χ0) is 14.5. The Morgan fingerprint density at radius 2 is 2.15 bits per heavy atom. The van der Waals surface area contributed by atoms with Gasteiger partial charge in [0.05, 0.1) is 24.2 Å². The number of nitrogens with one attached hydrogen (secondary N) is 1. The number of rotatable bonds is 5. The second-order valence-electron chi connectivity index (χ2n) is 4.74. The molecule has 1 aliphatic heterocycles. The largest absolute Gasteiger partial charge is 0.481 e. The topological polar surface area (TPSA) is 82.6 Å². The van der Waals surface area contributed by atoms with Crippen LogP contribution in [0.2, 0.25) is 5.02 Å². The minimum Gasteiger partial charge on any atom is -0.481 e. The van der Waals surface area contributed by atoms with Crippen LogP contribution in [0.1, 0.15) is 29.8 Å². The Balaban J connectivity index is 1.76. The lowest BCUT2D eigenvalue weighted by Crippen LogP contribution is -2.41. The summed E-state index contributed by atoms with van der Waals surface area (Å²) in [6.07, 6.45) is 3.07. The summed E-state index contributed by atoms with van der Waals surface area (Å²) in [4.78, 5) is 27.1. The Morgan fingerprint density at radius 3 is 2.70 bits per heavy atom. The molecule has 1 amide bonds. The van der Waals surface area contributed by atoms with Crippen molar-refractivity contribution in [2.45, 2.75) is 25.4 Å². The number of H-pyrrole nitrogens is 1. The maximum Gasteiger partial charge on any atom is 0.305 e. The third-order valence-electron chi connectivity index (χ3n) is 3.28. The molecule has 0 aliphatic carbocycles. The Bertz CT molecular complexity index is 480. The molecule has 7 heteroatoms. The van der Waals surface area contributed by atoms with Crippen LogP contribution in [0, 0.1) is 0 Å². The number of aromatic nitrogens is 1. The molecule has 0 aromatic carbocycles. The predicted octanol–water partition coefficient (Wildman–Crippen LogP) is 1.76. The average molecular weight is 301 g/mol. The molecule has 0 saturated carbocycles. The van der Waals surface area contributed by atoms with Crippen molar-refractivity contribution >= 4 is 23.5 Å². The van der Waals surface area contributed by atoms with E-state index in [1.54, 1.807) is 17.2 Å². The summed E-state index contributed by atoms with van der Waals surface area (Å²) in [6, 6.07) is 1.61. The molecule has 0 atom stereocenters. The molecule has 1 fully saturated rings. The van der Waals surface area contributed by atoms with Crippen LogP contribution in [-0.2, 0) is 9.53 Å². The fraction of sp³-hybridized carbons (Fsp3) is 0.538. The van der Waals surface area contributed by atoms with Gasteiger partial charge in [-0.3, -0.25) is 9.59 Å². The first-order valence-corrected chi connectivity index (χ1v) is 6.90. The van der Waals surface area contributed by atoms with Crippen molar-refractivity contribution in [3.63, 3.8) is 0 Å². The van der Waals surface area contributed by atoms with Gasteiger partial charge in [-0.05, 0) is 18.9 Å². The van der Waals surface area contributed by atoms with Gasteiger partial charge in [0.1, 0.15) is 5.69 Å². The number of nitrogens with zero attached hydrogens (tertiary/aromatic N) is 1. The number of halogens is 1. The standard InChI is InChI=1S/C13H17ClN2O4/c14-9-7-11(15-8-9)13(19)16-4-1-10(2-5-16)20-6-3-12(17)18/h7-8,10,15H,1-6H2,(H,17,18). The molecule has 0 unspecified atom stereocenters. The third-order valence-corrected chi connectivity index (χ3v) is 3.50. The first-order chi connectivity index (χ1) is 9.56. The Hall–Kier alpha value is -1.53. The minimum absolute atomic E-state index is 0.0140. The molecule has 110 valence electrons. The van der Waals surface area contributed by atoms with E-state index in [1.165, 1.54) is 0 Å². The number of piperidine rings is 1. The van der Waals surface area contributed by atoms with Crippen molar-refractivity contribution in [3.8, 4) is 0 Å². The van der Waals surface area contributed by atoms with Gasteiger partial charge >= 0.3 is 5.97 Å². The fourth-order valence-electron chi connectivity index (χ4n) is 2.20. The SMILES string of the molecule is O=C(O)CCOC1CCN(C(=O)c2cc(Cl)c[nH]2)CC1. The van der Waals surface area contributed by atoms with E-state index in [0.717, 1.165) is 12.8 Å². The first-order valence-electron chi connectivity index (χ1n) is 6.53. The number of carboxylic acids is 1. The van der Waals surface area contributed by atoms with Crippen LogP contribution in [0.15, 0.2) is 12.3 Å². The van der Waals surface area contributed by atoms with Gasteiger partial charge in [-0.25, -0.2) is 0 Å². The molecule has 0 bridgehead atoms. The summed E-state index contributed by atoms with van der Waals surface area (Å²) in [7, 11) is 0. The molecule has 1 saturated heterocycles. The quantitative estimate of drug-likeness (QED) is 0.868. The van der Waals surface area contributed by atoms with Gasteiger partial charge < -0.3 is 19.7 Å². The van der Waals surface area contributed by atoms with Crippen LogP contribution in [0.3, 0.4) is 0 Å². The summed E-state index contributed by atoms with van der Waals surface area (Å²) < 4.78 is 5.48. The number of hydrogen-bond donors (Lipinski definition) is 2. The number of aromatic amines is 1. The number of likely N-dealkylation sites (tertiary alicyclic amines) is 1. The molecular weight excluding hydrogens is 284 g/mol. The molecule has 6 nitrogen and oxygen atoms in total. The third kappa shape index (κ3) is 3.98. The predicted molar refractivity (Wildman–Crippen MR) is 72.9 cm³/mol. The number of carboxylic acid groups (broad SMARTS) is 1. The van der Waals surface area contributed by atoms with E-state index < -0.39 is 5.97 Å². The lowest BCUT2D eigenvalue weighted by atomic mass is 10.1. The van der Waals surface area contributed by atoms with Crippen LogP contribution in [0.5, 0.6) is 0 Å². The summed E-state index contributed by atoms with van der Waals surface area (Å²) >= 11 is 5.78. The zero-order valence-corrected chi connectivity index (χ0v) is 11.7. The highest BCUT2D eigenvalue weighted by Crippen LogP contribution is 2.17. The highest BCUT2D eigenvalue weighted by Gasteiger charge is 2.24. The first kappa shape index (κ1) is 14.9. The van der Waals surface area contributed by atoms with Crippen molar-refractivity contribution in [2.24, 2.45) is 0 Å². The molecule has 0 radical (unpaired) electrons. The van der Waals surface area contributed by atoms with Gasteiger partial charge in [0.15, 0.2) is 0 Å². The smallest absolute Gasteiger partial charge is 0.305 e. The monoisotopic (exact) mass is 300 g/mol. The molecule has 1 aromatic heterocycles. The number of amides is 1. The van der Waals surface area contributed by atoms with E-state index in [1.807, 2.05) is 0 Å². The molecule has 1 aromatic rings. The zero-order valence-electron chi connectivity index (χ0n) is 11.0. The number of carbonyl (C=O) groups is 2. The number of aliphatic carboxylic acids is 1. The Labute approximate surface area is 121 Å². The van der Waals surface area contributed by atoms with Gasteiger partial charge in [0, 0.05) is 19.3 Å². The van der Waals surface area contributed by atoms with Crippen molar-refractivity contribution in [3.05, 3.63) is 23.0 Å². The number of ether oxygens (including phenoxy) is 1. The molecular formula is C13H17ClN2O4. The Kier molecular flexibility index (Phi) is 5.03. The van der Waals surface area contributed by atoms with Crippen molar-refractivity contribution in [1.82, 2.24) is 9.88 Å². The lowest BCUT2D eigenvalue weighted by Gasteiger charge is -2.31. The lowest BCUT2D eigenvalue weighted by molar-refractivity contribution is -0.138. The summed E-state index contributed by atoms with van der Waals surface area (Å²) in [6.45, 7) is 1.43. The average Bonchev–Trinajstić information content (AvgIpc) is 2.85. The second kappa shape index (κ2) is 6.76. The normalized spacial score (nSPS) is 16.4. The van der Waals surface area contributed by atoms with Crippen LogP contribution < -0.4 is 0 Å². The maximum absolute atomic E-state index is 12.1. The van der Waals surface area contributed by atoms with Crippen molar-refractivity contribution in [1.29, 1.82) is 0 Å². The summed E-state index contributed by atoms with van der Waals surface area (Å²) in [5.74, 6) is -0.929. The van der Waals surface area contributed by atoms with E-state index in [0.29, 0.717) is 23.8 Å². The van der Waals surface area contributed by atoms with Gasteiger partial charge in [0.25, 0.3) is 5.91 Å². The highest BCUT2D eigenvalue weighted by atomic mass is 35.5. The van der Waals surface area contributed by atoms with Crippen molar-refractivity contribution < 1.29 is 19.4 Å². The molecule has 0 spiro atoms. The van der Waals surface area contributed by atoms with Crippen LogP contribution in [0.4, 0.5) is 0 Å². The number of carbonyl (C=O) groups excluding carboxylic acids is 1. The van der Waals surface area contributed by atoms with Crippen molar-refractivity contribution in [2.75, 3.05) is 19.7 Å². The molecule has 1 aliphatic rings. The summed E-state index contributed by atoms with van der Waals surface area (Å²) in [5.41, 5.74) is 0.486. The highest BCUT2D eigenvalue weighted by molar-refractivity contribution is 6.30. The van der Waals surface area contributed by atoms with Gasteiger partial charge in [-0.2, -0.15) is 0 Å². The van der Waals surface area contributed by atoms with E-state index >= 15 is 0 Å². The van der Waals surface area contributed by atoms with Gasteiger partial charge in [-0.1, -0.05) is 11.6 Å². The van der Waals surface area contributed by atoms with Gasteiger partial charge in [0.2, 0.25) is 0 Å². The fourth-order valence-corrected chi connectivity index (χ4v) is 2.36. The maximum atomic E-state index is 12.1. The van der Waals surface area contributed by atoms with E-state index in [9.17, 15) is 9.59 Å². The van der Waals surface area contributed by atoms with Gasteiger partial charge in [-0.15, -0.1) is 0 Å². The molecule has 20 heavy (non-hydrogen) atoms. The van der Waals surface area contributed by atoms with E-state index in [-0.39, 0.29) is 25.0 Å². The van der Waals surface area contributed by atoms with E-state index in [4.69, 9.17) is 21.4 Å². The minimum atomic E-state index is -0.860. The Morgan fingerprint density at radius 1 is 1.45 bits per heavy atom. The summed E-state index contributed by atoms with van der Waals surface area (Å²) in [5, 5.41) is 9.05. The molecule has 2 N–H and O–H groups in total. The van der Waals surface area contributed by atoms with Crippen LogP contribution >= 0.6 is 11.6 Å². The number of hydrogen-bond acceptors (Lipinski definition) is 3. The van der Waals surface area contributed by atoms with E-state index in [2.05, 4.69) is 4.98 Å². The molecule has 2 rings (SSSR count). The van der Waals surface area contributed by atoms with Crippen LogP contribution in [0.25, 0.3) is 0 Å². The van der Waals surface area contributed by atoms with Crippen LogP contribution in [-0.4, -0.2) is 52.7 Å². The molecule has 2 heterocycles.